The number of aromatic nitrogens is 1. The van der Waals surface area contributed by atoms with Gasteiger partial charge in [0, 0.05) is 17.7 Å². The van der Waals surface area contributed by atoms with E-state index in [9.17, 15) is 0 Å². The molecule has 1 atom stereocenters. The zero-order valence-electron chi connectivity index (χ0n) is 12.9. The number of thiazole rings is 1. The van der Waals surface area contributed by atoms with Crippen molar-refractivity contribution in [1.82, 2.24) is 4.57 Å². The van der Waals surface area contributed by atoms with Crippen molar-refractivity contribution in [2.75, 3.05) is 6.61 Å². The van der Waals surface area contributed by atoms with E-state index in [1.807, 2.05) is 0 Å². The summed E-state index contributed by atoms with van der Waals surface area (Å²) in [7, 11) is 0. The molecule has 21 heavy (non-hydrogen) atoms. The molecular weight excluding hydrogens is 280 g/mol. The fraction of sp³-hybridized carbons (Fsp3) is 0.471. The first-order chi connectivity index (χ1) is 10.1. The lowest BCUT2D eigenvalue weighted by atomic mass is 10.1. The fourth-order valence-electron chi connectivity index (χ4n) is 2.62. The van der Waals surface area contributed by atoms with Gasteiger partial charge in [0.15, 0.2) is 4.80 Å². The minimum Gasteiger partial charge on any atom is -0.376 e. The van der Waals surface area contributed by atoms with E-state index in [1.54, 1.807) is 11.3 Å². The fourth-order valence-corrected chi connectivity index (χ4v) is 3.53. The number of nitrogens with zero attached hydrogens (tertiary/aromatic N) is 2. The Morgan fingerprint density at radius 2 is 2.14 bits per heavy atom. The van der Waals surface area contributed by atoms with Crippen molar-refractivity contribution in [1.29, 1.82) is 0 Å². The van der Waals surface area contributed by atoms with E-state index in [-0.39, 0.29) is 0 Å². The molecule has 1 aliphatic heterocycles. The molecule has 1 aliphatic rings. The average molecular weight is 302 g/mol. The molecular formula is C17H22N2OS. The second-order valence-electron chi connectivity index (χ2n) is 5.79. The Hall–Kier alpha value is -1.39. The molecule has 3 rings (SSSR count). The molecule has 3 nitrogen and oxygen atoms in total. The number of hydrogen-bond donors (Lipinski definition) is 0. The second-order valence-corrected chi connectivity index (χ2v) is 6.62. The molecule has 0 amide bonds. The Labute approximate surface area is 129 Å². The zero-order chi connectivity index (χ0) is 14.8. The van der Waals surface area contributed by atoms with Gasteiger partial charge in [0.2, 0.25) is 0 Å². The van der Waals surface area contributed by atoms with Crippen LogP contribution in [0.1, 0.15) is 29.7 Å². The zero-order valence-corrected chi connectivity index (χ0v) is 13.7. The Morgan fingerprint density at radius 3 is 2.86 bits per heavy atom. The SMILES string of the molecule is Cc1ccc(N=c2scc(C)n2CC2CCCO2)cc1C. The first-order valence-corrected chi connectivity index (χ1v) is 8.40. The molecule has 1 unspecified atom stereocenters. The molecule has 1 aromatic heterocycles. The van der Waals surface area contributed by atoms with Gasteiger partial charge in [0.05, 0.1) is 18.3 Å². The Morgan fingerprint density at radius 1 is 1.29 bits per heavy atom. The van der Waals surface area contributed by atoms with Crippen molar-refractivity contribution in [3.8, 4) is 0 Å². The van der Waals surface area contributed by atoms with E-state index in [0.29, 0.717) is 6.10 Å². The quantitative estimate of drug-likeness (QED) is 0.845. The number of rotatable bonds is 3. The van der Waals surface area contributed by atoms with E-state index >= 15 is 0 Å². The van der Waals surface area contributed by atoms with Crippen LogP contribution in [0.3, 0.4) is 0 Å². The van der Waals surface area contributed by atoms with Crippen LogP contribution in [0.15, 0.2) is 28.6 Å². The topological polar surface area (TPSA) is 26.5 Å². The van der Waals surface area contributed by atoms with Crippen LogP contribution in [0.4, 0.5) is 5.69 Å². The van der Waals surface area contributed by atoms with Gasteiger partial charge in [0.1, 0.15) is 0 Å². The van der Waals surface area contributed by atoms with Crippen LogP contribution in [0.2, 0.25) is 0 Å². The highest BCUT2D eigenvalue weighted by Crippen LogP contribution is 2.18. The predicted molar refractivity (Wildman–Crippen MR) is 87.2 cm³/mol. The third kappa shape index (κ3) is 3.27. The van der Waals surface area contributed by atoms with Crippen LogP contribution in [0.5, 0.6) is 0 Å². The highest BCUT2D eigenvalue weighted by molar-refractivity contribution is 7.07. The third-order valence-corrected chi connectivity index (χ3v) is 5.10. The molecule has 1 saturated heterocycles. The van der Waals surface area contributed by atoms with Crippen molar-refractivity contribution in [3.63, 3.8) is 0 Å². The summed E-state index contributed by atoms with van der Waals surface area (Å²) < 4.78 is 8.05. The maximum atomic E-state index is 5.76. The Bertz CT molecular complexity index is 693. The van der Waals surface area contributed by atoms with Crippen molar-refractivity contribution in [2.45, 2.75) is 46.3 Å². The molecule has 1 fully saturated rings. The van der Waals surface area contributed by atoms with Gasteiger partial charge < -0.3 is 9.30 Å². The smallest absolute Gasteiger partial charge is 0.190 e. The number of hydrogen-bond acceptors (Lipinski definition) is 3. The largest absolute Gasteiger partial charge is 0.376 e. The maximum absolute atomic E-state index is 5.76. The molecule has 2 aromatic rings. The van der Waals surface area contributed by atoms with Gasteiger partial charge in [-0.2, -0.15) is 0 Å². The van der Waals surface area contributed by atoms with Gasteiger partial charge in [-0.1, -0.05) is 6.07 Å². The van der Waals surface area contributed by atoms with E-state index in [1.165, 1.54) is 23.2 Å². The summed E-state index contributed by atoms with van der Waals surface area (Å²) in [6.45, 7) is 8.22. The normalized spacial score (nSPS) is 19.4. The molecule has 0 N–H and O–H groups in total. The molecule has 0 radical (unpaired) electrons. The number of aryl methyl sites for hydroxylation is 3. The summed E-state index contributed by atoms with van der Waals surface area (Å²) in [6, 6.07) is 6.38. The minimum atomic E-state index is 0.344. The molecule has 0 saturated carbocycles. The Kier molecular flexibility index (Phi) is 4.27. The van der Waals surface area contributed by atoms with E-state index in [2.05, 4.69) is 48.9 Å². The number of ether oxygens (including phenoxy) is 1. The summed E-state index contributed by atoms with van der Waals surface area (Å²) in [5, 5.41) is 2.18. The molecule has 1 aromatic carbocycles. The highest BCUT2D eigenvalue weighted by Gasteiger charge is 2.17. The molecule has 0 bridgehead atoms. The van der Waals surface area contributed by atoms with Gasteiger partial charge in [-0.05, 0) is 56.9 Å². The van der Waals surface area contributed by atoms with Crippen LogP contribution in [0, 0.1) is 20.8 Å². The van der Waals surface area contributed by atoms with Gasteiger partial charge in [-0.25, -0.2) is 4.99 Å². The van der Waals surface area contributed by atoms with Crippen molar-refractivity contribution < 1.29 is 4.74 Å². The first-order valence-electron chi connectivity index (χ1n) is 7.52. The summed E-state index contributed by atoms with van der Waals surface area (Å²) in [5.41, 5.74) is 4.89. The summed E-state index contributed by atoms with van der Waals surface area (Å²) in [4.78, 5) is 5.89. The van der Waals surface area contributed by atoms with Crippen molar-refractivity contribution in [2.24, 2.45) is 4.99 Å². The standard InChI is InChI=1S/C17H22N2OS/c1-12-6-7-15(9-13(12)2)18-17-19(14(3)11-21-17)10-16-5-4-8-20-16/h6-7,9,11,16H,4-5,8,10H2,1-3H3. The van der Waals surface area contributed by atoms with Gasteiger partial charge >= 0.3 is 0 Å². The molecule has 0 spiro atoms. The van der Waals surface area contributed by atoms with Gasteiger partial charge in [-0.15, -0.1) is 11.3 Å². The van der Waals surface area contributed by atoms with Crippen LogP contribution in [-0.2, 0) is 11.3 Å². The van der Waals surface area contributed by atoms with E-state index in [4.69, 9.17) is 9.73 Å². The predicted octanol–water partition coefficient (Wildman–Crippen LogP) is 3.89. The highest BCUT2D eigenvalue weighted by atomic mass is 32.1. The lowest BCUT2D eigenvalue weighted by Crippen LogP contribution is -2.24. The van der Waals surface area contributed by atoms with Crippen LogP contribution < -0.4 is 4.80 Å². The molecule has 112 valence electrons. The summed E-state index contributed by atoms with van der Waals surface area (Å²) in [5.74, 6) is 0. The summed E-state index contributed by atoms with van der Waals surface area (Å²) in [6.07, 6.45) is 2.68. The maximum Gasteiger partial charge on any atom is 0.190 e. The molecule has 2 heterocycles. The van der Waals surface area contributed by atoms with Crippen LogP contribution in [0.25, 0.3) is 0 Å². The van der Waals surface area contributed by atoms with E-state index < -0.39 is 0 Å². The van der Waals surface area contributed by atoms with Gasteiger partial charge in [0.25, 0.3) is 0 Å². The van der Waals surface area contributed by atoms with E-state index in [0.717, 1.165) is 30.1 Å². The monoisotopic (exact) mass is 302 g/mol. The molecule has 0 aliphatic carbocycles. The first kappa shape index (κ1) is 14.5. The lowest BCUT2D eigenvalue weighted by molar-refractivity contribution is 0.0959. The van der Waals surface area contributed by atoms with Crippen LogP contribution in [-0.4, -0.2) is 17.3 Å². The molecule has 4 heteroatoms. The van der Waals surface area contributed by atoms with Crippen LogP contribution >= 0.6 is 11.3 Å². The van der Waals surface area contributed by atoms with Gasteiger partial charge in [-0.3, -0.25) is 0 Å². The van der Waals surface area contributed by atoms with Crippen molar-refractivity contribution in [3.05, 3.63) is 45.2 Å². The minimum absolute atomic E-state index is 0.344. The lowest BCUT2D eigenvalue weighted by Gasteiger charge is -2.12. The average Bonchev–Trinajstić information content (AvgIpc) is 3.08. The second kappa shape index (κ2) is 6.16. The van der Waals surface area contributed by atoms with Crippen molar-refractivity contribution >= 4 is 17.0 Å². The Balaban J connectivity index is 1.93. The third-order valence-electron chi connectivity index (χ3n) is 4.12. The summed E-state index contributed by atoms with van der Waals surface area (Å²) >= 11 is 1.71. The number of benzene rings is 1.